The maximum atomic E-state index is 11.6. The fourth-order valence-electron chi connectivity index (χ4n) is 1.56. The number of anilines is 1. The summed E-state index contributed by atoms with van der Waals surface area (Å²) in [6.45, 7) is 1.20. The van der Waals surface area contributed by atoms with Gasteiger partial charge >= 0.3 is 0 Å². The molecule has 0 heterocycles. The van der Waals surface area contributed by atoms with E-state index in [1.807, 2.05) is 0 Å². The first-order chi connectivity index (χ1) is 9.84. The van der Waals surface area contributed by atoms with Crippen LogP contribution in [0.4, 0.5) is 5.69 Å². The number of hydrazine groups is 1. The summed E-state index contributed by atoms with van der Waals surface area (Å²) in [6.07, 6.45) is -8.82. The highest BCUT2D eigenvalue weighted by atomic mass is 16.4. The topological polar surface area (TPSA) is 142 Å². The minimum absolute atomic E-state index is 0.553. The number of benzene rings is 1. The minimum atomic E-state index is -1.98. The number of hydrogen-bond acceptors (Lipinski definition) is 7. The second-order valence-corrected chi connectivity index (χ2v) is 4.64. The molecule has 0 radical (unpaired) electrons. The predicted octanol–water partition coefficient (Wildman–Crippen LogP) is -2.05. The van der Waals surface area contributed by atoms with Crippen LogP contribution in [0.1, 0.15) is 6.92 Å². The molecule has 1 amide bonds. The van der Waals surface area contributed by atoms with Crippen molar-refractivity contribution in [3.8, 4) is 0 Å². The van der Waals surface area contributed by atoms with Crippen LogP contribution >= 0.6 is 0 Å². The third kappa shape index (κ3) is 4.96. The standard InChI is InChI=1S/C13H20N2O6/c1-7(16)9(17)10(18)11(19)12(20)13(21)15-14-8-5-3-2-4-6-8/h2-7,9-12,14,16-20H,1H3,(H,15,21)/t7-,9-,10+,11+,12-/m0/s1. The molecule has 1 rings (SSSR count). The quantitative estimate of drug-likeness (QED) is 0.287. The molecule has 1 aromatic carbocycles. The summed E-state index contributed by atoms with van der Waals surface area (Å²) in [5.41, 5.74) is 5.21. The molecule has 8 nitrogen and oxygen atoms in total. The monoisotopic (exact) mass is 300 g/mol. The average Bonchev–Trinajstić information content (AvgIpc) is 2.50. The van der Waals surface area contributed by atoms with Gasteiger partial charge in [-0.2, -0.15) is 0 Å². The number of amides is 1. The van der Waals surface area contributed by atoms with Crippen molar-refractivity contribution < 1.29 is 30.3 Å². The fraction of sp³-hybridized carbons (Fsp3) is 0.462. The summed E-state index contributed by atoms with van der Waals surface area (Å²) in [5, 5.41) is 47.2. The molecule has 0 aromatic heterocycles. The number of nitrogens with one attached hydrogen (secondary N) is 2. The summed E-state index contributed by atoms with van der Waals surface area (Å²) in [6, 6.07) is 8.55. The molecule has 21 heavy (non-hydrogen) atoms. The van der Waals surface area contributed by atoms with Crippen molar-refractivity contribution in [2.24, 2.45) is 0 Å². The molecule has 0 fully saturated rings. The van der Waals surface area contributed by atoms with Crippen LogP contribution in [0.3, 0.4) is 0 Å². The highest BCUT2D eigenvalue weighted by Crippen LogP contribution is 2.09. The maximum absolute atomic E-state index is 11.6. The summed E-state index contributed by atoms with van der Waals surface area (Å²) >= 11 is 0. The van der Waals surface area contributed by atoms with Crippen LogP contribution < -0.4 is 10.9 Å². The van der Waals surface area contributed by atoms with E-state index in [2.05, 4.69) is 10.9 Å². The Labute approximate surface area is 121 Å². The summed E-state index contributed by atoms with van der Waals surface area (Å²) < 4.78 is 0. The Kier molecular flexibility index (Phi) is 6.53. The van der Waals surface area contributed by atoms with Crippen LogP contribution in [0.5, 0.6) is 0 Å². The SMILES string of the molecule is C[C@H](O)[C@H](O)[C@@H](O)[C@@H](O)[C@H](O)C(=O)NNc1ccccc1. The third-order valence-electron chi connectivity index (χ3n) is 2.89. The minimum Gasteiger partial charge on any atom is -0.391 e. The van der Waals surface area contributed by atoms with Crippen molar-refractivity contribution in [1.82, 2.24) is 5.43 Å². The number of carbonyl (C=O) groups is 1. The average molecular weight is 300 g/mol. The van der Waals surface area contributed by atoms with Gasteiger partial charge in [-0.3, -0.25) is 15.6 Å². The molecule has 118 valence electrons. The first-order valence-corrected chi connectivity index (χ1v) is 6.36. The summed E-state index contributed by atoms with van der Waals surface area (Å²) in [4.78, 5) is 11.6. The lowest BCUT2D eigenvalue weighted by molar-refractivity contribution is -0.153. The Hall–Kier alpha value is -1.71. The van der Waals surface area contributed by atoms with Gasteiger partial charge in [0.2, 0.25) is 0 Å². The van der Waals surface area contributed by atoms with Crippen molar-refractivity contribution in [2.45, 2.75) is 37.4 Å². The molecule has 0 aliphatic rings. The van der Waals surface area contributed by atoms with Gasteiger partial charge in [0, 0.05) is 0 Å². The Morgan fingerprint density at radius 3 is 2.05 bits per heavy atom. The van der Waals surface area contributed by atoms with Crippen molar-refractivity contribution in [2.75, 3.05) is 5.43 Å². The van der Waals surface area contributed by atoms with Crippen LogP contribution in [0, 0.1) is 0 Å². The molecule has 0 aliphatic carbocycles. The number of para-hydroxylation sites is 1. The van der Waals surface area contributed by atoms with Gasteiger partial charge in [-0.15, -0.1) is 0 Å². The van der Waals surface area contributed by atoms with E-state index in [4.69, 9.17) is 5.11 Å². The van der Waals surface area contributed by atoms with Crippen LogP contribution in [0.15, 0.2) is 30.3 Å². The number of rotatable bonds is 7. The van der Waals surface area contributed by atoms with Crippen molar-refractivity contribution in [3.05, 3.63) is 30.3 Å². The first-order valence-electron chi connectivity index (χ1n) is 6.36. The molecule has 0 aliphatic heterocycles. The first kappa shape index (κ1) is 17.3. The van der Waals surface area contributed by atoms with Gasteiger partial charge in [-0.25, -0.2) is 0 Å². The Morgan fingerprint density at radius 2 is 1.52 bits per heavy atom. The number of aliphatic hydroxyl groups excluding tert-OH is 5. The molecule has 8 heteroatoms. The van der Waals surface area contributed by atoms with Crippen molar-refractivity contribution in [3.63, 3.8) is 0 Å². The van der Waals surface area contributed by atoms with Gasteiger partial charge in [0.15, 0.2) is 6.10 Å². The molecule has 0 saturated carbocycles. The van der Waals surface area contributed by atoms with E-state index in [9.17, 15) is 25.2 Å². The van der Waals surface area contributed by atoms with E-state index < -0.39 is 36.4 Å². The zero-order valence-corrected chi connectivity index (χ0v) is 11.4. The Bertz CT molecular complexity index is 442. The number of aliphatic hydroxyl groups is 5. The summed E-state index contributed by atoms with van der Waals surface area (Å²) in [5.74, 6) is -0.997. The van der Waals surface area contributed by atoms with Gasteiger partial charge in [-0.1, -0.05) is 18.2 Å². The predicted molar refractivity (Wildman–Crippen MR) is 73.9 cm³/mol. The Morgan fingerprint density at radius 1 is 0.952 bits per heavy atom. The molecule has 0 unspecified atom stereocenters. The lowest BCUT2D eigenvalue weighted by Crippen LogP contribution is -2.53. The van der Waals surface area contributed by atoms with E-state index >= 15 is 0 Å². The van der Waals surface area contributed by atoms with Crippen LogP contribution in [-0.2, 0) is 4.79 Å². The van der Waals surface area contributed by atoms with Crippen LogP contribution in [-0.4, -0.2) is 62.0 Å². The zero-order chi connectivity index (χ0) is 16.0. The van der Waals surface area contributed by atoms with Crippen LogP contribution in [0.25, 0.3) is 0 Å². The van der Waals surface area contributed by atoms with E-state index in [-0.39, 0.29) is 0 Å². The number of hydrogen-bond donors (Lipinski definition) is 7. The Balaban J connectivity index is 2.53. The summed E-state index contributed by atoms with van der Waals surface area (Å²) in [7, 11) is 0. The van der Waals surface area contributed by atoms with Crippen molar-refractivity contribution >= 4 is 11.6 Å². The molecule has 1 aromatic rings. The molecule has 5 atom stereocenters. The molecule has 0 spiro atoms. The second kappa shape index (κ2) is 7.91. The molecule has 7 N–H and O–H groups in total. The normalized spacial score (nSPS) is 18.2. The van der Waals surface area contributed by atoms with E-state index in [1.54, 1.807) is 30.3 Å². The smallest absolute Gasteiger partial charge is 0.269 e. The van der Waals surface area contributed by atoms with Gasteiger partial charge in [0.05, 0.1) is 11.8 Å². The van der Waals surface area contributed by atoms with Gasteiger partial charge < -0.3 is 25.5 Å². The van der Waals surface area contributed by atoms with Gasteiger partial charge in [0.25, 0.3) is 5.91 Å². The van der Waals surface area contributed by atoms with E-state index in [0.29, 0.717) is 5.69 Å². The van der Waals surface area contributed by atoms with Gasteiger partial charge in [0.1, 0.15) is 18.3 Å². The molecule has 0 bridgehead atoms. The molecular weight excluding hydrogens is 280 g/mol. The largest absolute Gasteiger partial charge is 0.391 e. The molecule has 0 saturated heterocycles. The highest BCUT2D eigenvalue weighted by molar-refractivity contribution is 5.82. The maximum Gasteiger partial charge on any atom is 0.269 e. The van der Waals surface area contributed by atoms with Crippen molar-refractivity contribution in [1.29, 1.82) is 0 Å². The number of carbonyl (C=O) groups excluding carboxylic acids is 1. The zero-order valence-electron chi connectivity index (χ0n) is 11.4. The lowest BCUT2D eigenvalue weighted by atomic mass is 9.99. The van der Waals surface area contributed by atoms with Gasteiger partial charge in [-0.05, 0) is 19.1 Å². The third-order valence-corrected chi connectivity index (χ3v) is 2.89. The highest BCUT2D eigenvalue weighted by Gasteiger charge is 2.36. The molecular formula is C13H20N2O6. The second-order valence-electron chi connectivity index (χ2n) is 4.64. The fourth-order valence-corrected chi connectivity index (χ4v) is 1.56. The van der Waals surface area contributed by atoms with E-state index in [1.165, 1.54) is 6.92 Å². The van der Waals surface area contributed by atoms with E-state index in [0.717, 1.165) is 0 Å². The lowest BCUT2D eigenvalue weighted by Gasteiger charge is -2.27. The van der Waals surface area contributed by atoms with Crippen LogP contribution in [0.2, 0.25) is 0 Å².